The molecule has 4 aromatic rings. The van der Waals surface area contributed by atoms with Crippen molar-refractivity contribution in [2.45, 2.75) is 6.92 Å². The van der Waals surface area contributed by atoms with Crippen molar-refractivity contribution >= 4 is 11.4 Å². The van der Waals surface area contributed by atoms with E-state index in [1.54, 1.807) is 22.8 Å². The molecule has 0 unspecified atom stereocenters. The van der Waals surface area contributed by atoms with Gasteiger partial charge in [-0.15, -0.1) is 10.2 Å². The van der Waals surface area contributed by atoms with E-state index < -0.39 is 0 Å². The first-order chi connectivity index (χ1) is 11.7. The highest BCUT2D eigenvalue weighted by Gasteiger charge is 2.17. The Morgan fingerprint density at radius 3 is 2.29 bits per heavy atom. The Balaban J connectivity index is 1.82. The Hall–Kier alpha value is -3.34. The standard InChI is InChI=1S/C19H14N4O/c1-13-17(14-8-4-2-5-9-14)19-21-20-16(12-23(19)22-13)18(24)15-10-6-3-7-11-15/h2-12H,1H3. The molecule has 0 fully saturated rings. The van der Waals surface area contributed by atoms with Crippen LogP contribution in [0.3, 0.4) is 0 Å². The lowest BCUT2D eigenvalue weighted by molar-refractivity contribution is 0.103. The van der Waals surface area contributed by atoms with E-state index in [9.17, 15) is 4.79 Å². The molecule has 0 amide bonds. The molecule has 0 saturated carbocycles. The molecular formula is C19H14N4O. The number of fused-ring (bicyclic) bond motifs is 1. The van der Waals surface area contributed by atoms with E-state index in [2.05, 4.69) is 15.3 Å². The second-order valence-electron chi connectivity index (χ2n) is 5.50. The second kappa shape index (κ2) is 5.70. The number of carbonyl (C=O) groups is 1. The maximum atomic E-state index is 12.5. The van der Waals surface area contributed by atoms with Crippen molar-refractivity contribution in [3.8, 4) is 11.1 Å². The van der Waals surface area contributed by atoms with Crippen molar-refractivity contribution in [2.24, 2.45) is 0 Å². The van der Waals surface area contributed by atoms with Crippen LogP contribution in [0.15, 0.2) is 66.9 Å². The molecule has 0 spiro atoms. The summed E-state index contributed by atoms with van der Waals surface area (Å²) in [6.07, 6.45) is 1.64. The van der Waals surface area contributed by atoms with Gasteiger partial charge in [0.2, 0.25) is 5.78 Å². The van der Waals surface area contributed by atoms with Gasteiger partial charge < -0.3 is 0 Å². The Morgan fingerprint density at radius 2 is 1.58 bits per heavy atom. The molecule has 116 valence electrons. The van der Waals surface area contributed by atoms with Gasteiger partial charge >= 0.3 is 0 Å². The van der Waals surface area contributed by atoms with Crippen molar-refractivity contribution in [1.82, 2.24) is 19.8 Å². The number of hydrogen-bond donors (Lipinski definition) is 0. The van der Waals surface area contributed by atoms with Crippen LogP contribution in [0.4, 0.5) is 0 Å². The third kappa shape index (κ3) is 2.36. The van der Waals surface area contributed by atoms with Crippen molar-refractivity contribution < 1.29 is 4.79 Å². The average Bonchev–Trinajstić information content (AvgIpc) is 2.97. The molecule has 0 radical (unpaired) electrons. The molecule has 0 aliphatic heterocycles. The topological polar surface area (TPSA) is 60.2 Å². The van der Waals surface area contributed by atoms with Crippen LogP contribution in [0.2, 0.25) is 0 Å². The smallest absolute Gasteiger partial charge is 0.214 e. The SMILES string of the molecule is Cc1nn2cc(C(=O)c3ccccc3)nnc2c1-c1ccccc1. The predicted octanol–water partition coefficient (Wildman–Crippen LogP) is 3.33. The highest BCUT2D eigenvalue weighted by Crippen LogP contribution is 2.26. The summed E-state index contributed by atoms with van der Waals surface area (Å²) in [5.74, 6) is -0.167. The van der Waals surface area contributed by atoms with Crippen LogP contribution >= 0.6 is 0 Å². The lowest BCUT2D eigenvalue weighted by atomic mass is 10.1. The summed E-state index contributed by atoms with van der Waals surface area (Å²) in [6.45, 7) is 1.93. The third-order valence-corrected chi connectivity index (χ3v) is 3.89. The number of hydrogen-bond acceptors (Lipinski definition) is 4. The number of carbonyl (C=O) groups excluding carboxylic acids is 1. The molecule has 2 heterocycles. The van der Waals surface area contributed by atoms with Gasteiger partial charge in [-0.2, -0.15) is 5.10 Å². The number of benzene rings is 2. The van der Waals surface area contributed by atoms with Gasteiger partial charge in [-0.05, 0) is 12.5 Å². The molecule has 0 bridgehead atoms. The van der Waals surface area contributed by atoms with Gasteiger partial charge in [0.05, 0.1) is 17.5 Å². The van der Waals surface area contributed by atoms with Crippen molar-refractivity contribution in [1.29, 1.82) is 0 Å². The van der Waals surface area contributed by atoms with E-state index in [1.165, 1.54) is 0 Å². The Bertz CT molecular complexity index is 1020. The molecule has 0 N–H and O–H groups in total. The lowest BCUT2D eigenvalue weighted by Crippen LogP contribution is -2.08. The molecule has 0 saturated heterocycles. The van der Waals surface area contributed by atoms with E-state index in [4.69, 9.17) is 0 Å². The van der Waals surface area contributed by atoms with Gasteiger partial charge in [-0.3, -0.25) is 4.79 Å². The van der Waals surface area contributed by atoms with Crippen LogP contribution < -0.4 is 0 Å². The van der Waals surface area contributed by atoms with Crippen molar-refractivity contribution in [3.05, 3.63) is 83.8 Å². The number of aromatic nitrogens is 4. The zero-order valence-corrected chi connectivity index (χ0v) is 13.0. The summed E-state index contributed by atoms with van der Waals surface area (Å²) in [4.78, 5) is 12.5. The quantitative estimate of drug-likeness (QED) is 0.544. The van der Waals surface area contributed by atoms with Crippen LogP contribution in [0.5, 0.6) is 0 Å². The molecular weight excluding hydrogens is 300 g/mol. The van der Waals surface area contributed by atoms with Crippen LogP contribution in [0.1, 0.15) is 21.7 Å². The minimum absolute atomic E-state index is 0.167. The molecule has 24 heavy (non-hydrogen) atoms. The number of nitrogens with zero attached hydrogens (tertiary/aromatic N) is 4. The van der Waals surface area contributed by atoms with Crippen LogP contribution in [-0.2, 0) is 0 Å². The second-order valence-corrected chi connectivity index (χ2v) is 5.50. The van der Waals surface area contributed by atoms with E-state index in [0.717, 1.165) is 16.8 Å². The summed E-state index contributed by atoms with van der Waals surface area (Å²) >= 11 is 0. The van der Waals surface area contributed by atoms with Crippen LogP contribution in [-0.4, -0.2) is 25.6 Å². The van der Waals surface area contributed by atoms with Gasteiger partial charge in [0.25, 0.3) is 0 Å². The van der Waals surface area contributed by atoms with Gasteiger partial charge in [-0.25, -0.2) is 4.52 Å². The Morgan fingerprint density at radius 1 is 0.917 bits per heavy atom. The van der Waals surface area contributed by atoms with Gasteiger partial charge in [0.1, 0.15) is 0 Å². The largest absolute Gasteiger partial charge is 0.287 e. The molecule has 5 nitrogen and oxygen atoms in total. The van der Waals surface area contributed by atoms with Crippen molar-refractivity contribution in [2.75, 3.05) is 0 Å². The van der Waals surface area contributed by atoms with Gasteiger partial charge in [-0.1, -0.05) is 60.7 Å². The summed E-state index contributed by atoms with van der Waals surface area (Å²) < 4.78 is 1.63. The maximum absolute atomic E-state index is 12.5. The Labute approximate surface area is 138 Å². The molecule has 4 rings (SSSR count). The highest BCUT2D eigenvalue weighted by atomic mass is 16.1. The minimum Gasteiger partial charge on any atom is -0.287 e. The average molecular weight is 314 g/mol. The van der Waals surface area contributed by atoms with E-state index in [0.29, 0.717) is 11.2 Å². The monoisotopic (exact) mass is 314 g/mol. The Kier molecular flexibility index (Phi) is 3.39. The number of aryl methyl sites for hydroxylation is 1. The first kappa shape index (κ1) is 14.3. The van der Waals surface area contributed by atoms with E-state index in [1.807, 2.05) is 55.5 Å². The molecule has 5 heteroatoms. The summed E-state index contributed by atoms with van der Waals surface area (Å²) in [6, 6.07) is 19.0. The first-order valence-corrected chi connectivity index (χ1v) is 7.62. The maximum Gasteiger partial charge on any atom is 0.214 e. The highest BCUT2D eigenvalue weighted by molar-refractivity contribution is 6.07. The molecule has 2 aromatic heterocycles. The molecule has 2 aromatic carbocycles. The normalized spacial score (nSPS) is 10.9. The predicted molar refractivity (Wildman–Crippen MR) is 90.8 cm³/mol. The number of rotatable bonds is 3. The lowest BCUT2D eigenvalue weighted by Gasteiger charge is -2.01. The first-order valence-electron chi connectivity index (χ1n) is 7.62. The van der Waals surface area contributed by atoms with Gasteiger partial charge in [0.15, 0.2) is 11.3 Å². The summed E-state index contributed by atoms with van der Waals surface area (Å²) in [7, 11) is 0. The fraction of sp³-hybridized carbons (Fsp3) is 0.0526. The fourth-order valence-corrected chi connectivity index (χ4v) is 2.75. The minimum atomic E-state index is -0.167. The zero-order valence-electron chi connectivity index (χ0n) is 13.0. The van der Waals surface area contributed by atoms with Crippen molar-refractivity contribution in [3.63, 3.8) is 0 Å². The van der Waals surface area contributed by atoms with Gasteiger partial charge in [0, 0.05) is 5.56 Å². The molecule has 0 atom stereocenters. The van der Waals surface area contributed by atoms with E-state index >= 15 is 0 Å². The molecule has 0 aliphatic rings. The summed E-state index contributed by atoms with van der Waals surface area (Å²) in [5, 5.41) is 12.9. The van der Waals surface area contributed by atoms with E-state index in [-0.39, 0.29) is 11.5 Å². The fourth-order valence-electron chi connectivity index (χ4n) is 2.75. The zero-order chi connectivity index (χ0) is 16.5. The number of ketones is 1. The van der Waals surface area contributed by atoms with Crippen LogP contribution in [0, 0.1) is 6.92 Å². The summed E-state index contributed by atoms with van der Waals surface area (Å²) in [5.41, 5.74) is 4.31. The third-order valence-electron chi connectivity index (χ3n) is 3.89. The van der Waals surface area contributed by atoms with Crippen LogP contribution in [0.25, 0.3) is 16.8 Å². The molecule has 0 aliphatic carbocycles.